The van der Waals surface area contributed by atoms with Gasteiger partial charge in [0, 0.05) is 45.3 Å². The van der Waals surface area contributed by atoms with Crippen molar-refractivity contribution in [2.45, 2.75) is 0 Å². The highest BCUT2D eigenvalue weighted by Crippen LogP contribution is 2.23. The van der Waals surface area contributed by atoms with E-state index in [4.69, 9.17) is 4.74 Å². The van der Waals surface area contributed by atoms with E-state index < -0.39 is 0 Å². The van der Waals surface area contributed by atoms with E-state index in [1.54, 1.807) is 0 Å². The third kappa shape index (κ3) is 3.71. The molecule has 3 heterocycles. The molecule has 1 aliphatic rings. The quantitative estimate of drug-likeness (QED) is 0.706. The van der Waals surface area contributed by atoms with Crippen LogP contribution < -0.4 is 4.74 Å². The zero-order chi connectivity index (χ0) is 17.9. The maximum atomic E-state index is 5.91. The summed E-state index contributed by atoms with van der Waals surface area (Å²) in [7, 11) is 4.15. The SMILES string of the molecule is CN1CCN(CCOc2ccc(-c3cc4ncn(C)c4cn3)cc2)CC1. The first-order valence-electron chi connectivity index (χ1n) is 9.10. The number of nitrogens with zero attached hydrogens (tertiary/aromatic N) is 5. The van der Waals surface area contributed by atoms with Gasteiger partial charge < -0.3 is 14.2 Å². The molecule has 1 fully saturated rings. The largest absolute Gasteiger partial charge is 0.492 e. The van der Waals surface area contributed by atoms with Crippen LogP contribution in [0.3, 0.4) is 0 Å². The highest BCUT2D eigenvalue weighted by Gasteiger charge is 2.13. The van der Waals surface area contributed by atoms with Crippen LogP contribution in [0.15, 0.2) is 42.9 Å². The molecule has 0 atom stereocenters. The maximum absolute atomic E-state index is 5.91. The van der Waals surface area contributed by atoms with Crippen molar-refractivity contribution >= 4 is 11.0 Å². The lowest BCUT2D eigenvalue weighted by Crippen LogP contribution is -2.45. The van der Waals surface area contributed by atoms with Crippen molar-refractivity contribution in [1.82, 2.24) is 24.3 Å². The predicted molar refractivity (Wildman–Crippen MR) is 103 cm³/mol. The average Bonchev–Trinajstić information content (AvgIpc) is 3.04. The number of benzene rings is 1. The van der Waals surface area contributed by atoms with Crippen molar-refractivity contribution in [2.24, 2.45) is 7.05 Å². The van der Waals surface area contributed by atoms with Gasteiger partial charge in [0.1, 0.15) is 12.4 Å². The molecule has 0 bridgehead atoms. The number of hydrogen-bond donors (Lipinski definition) is 0. The second-order valence-electron chi connectivity index (χ2n) is 6.93. The summed E-state index contributed by atoms with van der Waals surface area (Å²) in [6.07, 6.45) is 3.69. The number of aromatic nitrogens is 3. The van der Waals surface area contributed by atoms with Crippen LogP contribution >= 0.6 is 0 Å². The standard InChI is InChI=1S/C20H25N5O/c1-23-7-9-25(10-8-23)11-12-26-17-5-3-16(4-6-17)18-13-19-20(14-21-18)24(2)15-22-19/h3-6,13-15H,7-12H2,1-2H3. The summed E-state index contributed by atoms with van der Waals surface area (Å²) >= 11 is 0. The van der Waals surface area contributed by atoms with Gasteiger partial charge in [-0.05, 0) is 37.4 Å². The molecule has 0 amide bonds. The predicted octanol–water partition coefficient (Wildman–Crippen LogP) is 2.26. The molecule has 1 aromatic carbocycles. The van der Waals surface area contributed by atoms with E-state index in [1.165, 1.54) is 0 Å². The molecule has 1 saturated heterocycles. The van der Waals surface area contributed by atoms with Gasteiger partial charge in [-0.25, -0.2) is 4.98 Å². The summed E-state index contributed by atoms with van der Waals surface area (Å²) in [5.41, 5.74) is 4.01. The maximum Gasteiger partial charge on any atom is 0.119 e. The van der Waals surface area contributed by atoms with Crippen molar-refractivity contribution in [3.63, 3.8) is 0 Å². The summed E-state index contributed by atoms with van der Waals surface area (Å²) in [5.74, 6) is 0.904. The van der Waals surface area contributed by atoms with E-state index in [-0.39, 0.29) is 0 Å². The fourth-order valence-corrected chi connectivity index (χ4v) is 3.27. The summed E-state index contributed by atoms with van der Waals surface area (Å²) in [6.45, 7) is 6.24. The van der Waals surface area contributed by atoms with Crippen LogP contribution in [0.1, 0.15) is 0 Å². The molecule has 1 aliphatic heterocycles. The molecule has 0 aliphatic carbocycles. The Bertz CT molecular complexity index is 866. The van der Waals surface area contributed by atoms with Crippen molar-refractivity contribution in [1.29, 1.82) is 0 Å². The topological polar surface area (TPSA) is 46.4 Å². The molecule has 26 heavy (non-hydrogen) atoms. The number of imidazole rings is 1. The summed E-state index contributed by atoms with van der Waals surface area (Å²) < 4.78 is 7.88. The first-order valence-corrected chi connectivity index (χ1v) is 9.10. The molecule has 4 rings (SSSR count). The first-order chi connectivity index (χ1) is 12.7. The number of hydrogen-bond acceptors (Lipinski definition) is 5. The molecular weight excluding hydrogens is 326 g/mol. The fraction of sp³-hybridized carbons (Fsp3) is 0.400. The van der Waals surface area contributed by atoms with Crippen LogP contribution in [0, 0.1) is 0 Å². The molecule has 0 radical (unpaired) electrons. The third-order valence-electron chi connectivity index (χ3n) is 5.03. The number of ether oxygens (including phenoxy) is 1. The first kappa shape index (κ1) is 17.0. The Kier molecular flexibility index (Phi) is 4.86. The van der Waals surface area contributed by atoms with Crippen LogP contribution in [0.25, 0.3) is 22.3 Å². The van der Waals surface area contributed by atoms with Gasteiger partial charge in [-0.2, -0.15) is 0 Å². The fourth-order valence-electron chi connectivity index (χ4n) is 3.27. The van der Waals surface area contributed by atoms with Crippen molar-refractivity contribution in [2.75, 3.05) is 46.4 Å². The van der Waals surface area contributed by atoms with Gasteiger partial charge in [0.25, 0.3) is 0 Å². The van der Waals surface area contributed by atoms with Crippen molar-refractivity contribution in [3.05, 3.63) is 42.9 Å². The molecule has 0 unspecified atom stereocenters. The van der Waals surface area contributed by atoms with Crippen LogP contribution in [-0.4, -0.2) is 70.7 Å². The summed E-state index contributed by atoms with van der Waals surface area (Å²) in [4.78, 5) is 13.8. The number of pyridine rings is 1. The van der Waals surface area contributed by atoms with E-state index in [9.17, 15) is 0 Å². The highest BCUT2D eigenvalue weighted by molar-refractivity contribution is 5.79. The number of fused-ring (bicyclic) bond motifs is 1. The Morgan fingerprint density at radius 2 is 1.77 bits per heavy atom. The zero-order valence-corrected chi connectivity index (χ0v) is 15.4. The lowest BCUT2D eigenvalue weighted by atomic mass is 10.1. The van der Waals surface area contributed by atoms with Gasteiger partial charge >= 0.3 is 0 Å². The van der Waals surface area contributed by atoms with Crippen LogP contribution in [-0.2, 0) is 7.05 Å². The zero-order valence-electron chi connectivity index (χ0n) is 15.4. The van der Waals surface area contributed by atoms with E-state index in [2.05, 4.69) is 38.9 Å². The summed E-state index contributed by atoms with van der Waals surface area (Å²) in [6, 6.07) is 10.2. The number of piperazine rings is 1. The molecule has 0 N–H and O–H groups in total. The van der Waals surface area contributed by atoms with E-state index in [0.717, 1.165) is 67.4 Å². The molecule has 6 nitrogen and oxygen atoms in total. The van der Waals surface area contributed by atoms with Crippen LogP contribution in [0.2, 0.25) is 0 Å². The lowest BCUT2D eigenvalue weighted by molar-refractivity contribution is 0.134. The molecule has 0 saturated carbocycles. The third-order valence-corrected chi connectivity index (χ3v) is 5.03. The molecule has 0 spiro atoms. The molecule has 3 aromatic rings. The second kappa shape index (κ2) is 7.43. The Hall–Kier alpha value is -2.44. The highest BCUT2D eigenvalue weighted by atomic mass is 16.5. The van der Waals surface area contributed by atoms with E-state index in [0.29, 0.717) is 0 Å². The van der Waals surface area contributed by atoms with Gasteiger partial charge in [-0.1, -0.05) is 0 Å². The lowest BCUT2D eigenvalue weighted by Gasteiger charge is -2.32. The van der Waals surface area contributed by atoms with Crippen molar-refractivity contribution in [3.8, 4) is 17.0 Å². The minimum atomic E-state index is 0.723. The Morgan fingerprint density at radius 3 is 2.54 bits per heavy atom. The molecular formula is C20H25N5O. The Morgan fingerprint density at radius 1 is 1.00 bits per heavy atom. The van der Waals surface area contributed by atoms with Gasteiger partial charge in [-0.15, -0.1) is 0 Å². The number of rotatable bonds is 5. The average molecular weight is 351 g/mol. The number of likely N-dealkylation sites (N-methyl/N-ethyl adjacent to an activating group) is 1. The molecule has 2 aromatic heterocycles. The van der Waals surface area contributed by atoms with Crippen LogP contribution in [0.5, 0.6) is 5.75 Å². The normalized spacial score (nSPS) is 16.2. The summed E-state index contributed by atoms with van der Waals surface area (Å²) in [5, 5.41) is 0. The van der Waals surface area contributed by atoms with Gasteiger partial charge in [0.15, 0.2) is 0 Å². The van der Waals surface area contributed by atoms with Gasteiger partial charge in [0.05, 0.1) is 29.3 Å². The van der Waals surface area contributed by atoms with E-state index in [1.807, 2.05) is 42.3 Å². The smallest absolute Gasteiger partial charge is 0.119 e. The van der Waals surface area contributed by atoms with E-state index >= 15 is 0 Å². The monoisotopic (exact) mass is 351 g/mol. The van der Waals surface area contributed by atoms with Crippen LogP contribution in [0.4, 0.5) is 0 Å². The second-order valence-corrected chi connectivity index (χ2v) is 6.93. The minimum Gasteiger partial charge on any atom is -0.492 e. The molecule has 6 heteroatoms. The van der Waals surface area contributed by atoms with Crippen molar-refractivity contribution < 1.29 is 4.74 Å². The van der Waals surface area contributed by atoms with Gasteiger partial charge in [-0.3, -0.25) is 9.88 Å². The Labute approximate surface area is 154 Å². The Balaban J connectivity index is 1.35. The molecule has 136 valence electrons. The number of aryl methyl sites for hydroxylation is 1. The van der Waals surface area contributed by atoms with Gasteiger partial charge in [0.2, 0.25) is 0 Å². The minimum absolute atomic E-state index is 0.723.